The molecule has 0 spiro atoms. The molecule has 2 heterocycles. The fourth-order valence-corrected chi connectivity index (χ4v) is 4.58. The zero-order chi connectivity index (χ0) is 18.8. The Balaban J connectivity index is 1.68. The second kappa shape index (κ2) is 7.59. The van der Waals surface area contributed by atoms with Gasteiger partial charge in [-0.15, -0.1) is 11.3 Å². The minimum Gasteiger partial charge on any atom is -0.490 e. The van der Waals surface area contributed by atoms with Crippen molar-refractivity contribution < 1.29 is 9.53 Å². The molecule has 0 fully saturated rings. The third-order valence-electron chi connectivity index (χ3n) is 4.60. The van der Waals surface area contributed by atoms with Crippen molar-refractivity contribution in [2.75, 3.05) is 11.9 Å². The Kier molecular flexibility index (Phi) is 5.01. The number of amides is 1. The summed E-state index contributed by atoms with van der Waals surface area (Å²) in [6, 6.07) is 15.6. The van der Waals surface area contributed by atoms with Gasteiger partial charge < -0.3 is 10.1 Å². The Labute approximate surface area is 167 Å². The van der Waals surface area contributed by atoms with Crippen LogP contribution in [0.15, 0.2) is 66.6 Å². The molecule has 3 nitrogen and oxygen atoms in total. The van der Waals surface area contributed by atoms with E-state index in [1.807, 2.05) is 48.5 Å². The smallest absolute Gasteiger partial charge is 0.225 e. The Hall–Kier alpha value is -2.56. The summed E-state index contributed by atoms with van der Waals surface area (Å²) in [5.41, 5.74) is 4.11. The lowest BCUT2D eigenvalue weighted by atomic mass is 9.89. The predicted molar refractivity (Wildman–Crippen MR) is 112 cm³/mol. The molecule has 1 amide bonds. The molecule has 1 aliphatic heterocycles. The van der Waals surface area contributed by atoms with Gasteiger partial charge >= 0.3 is 0 Å². The molecule has 136 valence electrons. The Bertz CT molecular complexity index is 977. The van der Waals surface area contributed by atoms with Gasteiger partial charge in [-0.2, -0.15) is 0 Å². The number of rotatable bonds is 5. The van der Waals surface area contributed by atoms with Crippen LogP contribution >= 0.6 is 22.9 Å². The fourth-order valence-electron chi connectivity index (χ4n) is 3.29. The van der Waals surface area contributed by atoms with Crippen molar-refractivity contribution in [3.63, 3.8) is 0 Å². The van der Waals surface area contributed by atoms with Gasteiger partial charge in [0.05, 0.1) is 5.69 Å². The van der Waals surface area contributed by atoms with Crippen LogP contribution in [0.4, 0.5) is 5.69 Å². The highest BCUT2D eigenvalue weighted by atomic mass is 35.5. The molecule has 1 aromatic heterocycles. The summed E-state index contributed by atoms with van der Waals surface area (Å²) < 4.78 is 5.55. The van der Waals surface area contributed by atoms with Crippen LogP contribution < -0.4 is 10.1 Å². The molecule has 0 bridgehead atoms. The lowest BCUT2D eigenvalue weighted by molar-refractivity contribution is -0.116. The van der Waals surface area contributed by atoms with Crippen molar-refractivity contribution in [1.29, 1.82) is 0 Å². The van der Waals surface area contributed by atoms with Gasteiger partial charge in [0.1, 0.15) is 12.4 Å². The van der Waals surface area contributed by atoms with Gasteiger partial charge in [-0.1, -0.05) is 48.5 Å². The van der Waals surface area contributed by atoms with Crippen molar-refractivity contribution in [1.82, 2.24) is 0 Å². The average Bonchev–Trinajstić information content (AvgIpc) is 3.10. The minimum atomic E-state index is 0.0353. The number of carbonyl (C=O) groups is 1. The molecule has 0 unspecified atom stereocenters. The van der Waals surface area contributed by atoms with Crippen molar-refractivity contribution in [3.8, 4) is 16.9 Å². The summed E-state index contributed by atoms with van der Waals surface area (Å²) >= 11 is 7.69. The maximum Gasteiger partial charge on any atom is 0.225 e. The zero-order valence-corrected chi connectivity index (χ0v) is 16.1. The number of anilines is 1. The van der Waals surface area contributed by atoms with Gasteiger partial charge in [0.25, 0.3) is 0 Å². The van der Waals surface area contributed by atoms with Gasteiger partial charge in [0.15, 0.2) is 0 Å². The molecule has 4 rings (SSSR count). The van der Waals surface area contributed by atoms with Crippen molar-refractivity contribution >= 4 is 34.5 Å². The molecular formula is C22H18ClNO2S. The van der Waals surface area contributed by atoms with E-state index < -0.39 is 0 Å². The summed E-state index contributed by atoms with van der Waals surface area (Å²) in [5, 5.41) is 5.87. The number of halogens is 1. The van der Waals surface area contributed by atoms with Gasteiger partial charge in [0.2, 0.25) is 5.91 Å². The molecule has 0 radical (unpaired) electrons. The molecule has 2 aromatic carbocycles. The van der Waals surface area contributed by atoms with E-state index in [1.54, 1.807) is 17.4 Å². The quantitative estimate of drug-likeness (QED) is 0.529. The van der Waals surface area contributed by atoms with Crippen molar-refractivity contribution in [2.45, 2.75) is 12.3 Å². The van der Waals surface area contributed by atoms with Crippen LogP contribution in [0.25, 0.3) is 11.1 Å². The number of benzene rings is 2. The monoisotopic (exact) mass is 395 g/mol. The predicted octanol–water partition coefficient (Wildman–Crippen LogP) is 6.11. The van der Waals surface area contributed by atoms with Crippen LogP contribution in [0, 0.1) is 0 Å². The topological polar surface area (TPSA) is 38.3 Å². The second-order valence-electron chi connectivity index (χ2n) is 6.37. The third kappa shape index (κ3) is 3.64. The van der Waals surface area contributed by atoms with Crippen LogP contribution in [0.3, 0.4) is 0 Å². The van der Waals surface area contributed by atoms with Gasteiger partial charge in [-0.05, 0) is 35.4 Å². The normalized spacial score (nSPS) is 15.7. The van der Waals surface area contributed by atoms with Crippen molar-refractivity contribution in [3.05, 3.63) is 82.0 Å². The summed E-state index contributed by atoms with van der Waals surface area (Å²) in [4.78, 5) is 13.6. The Morgan fingerprint density at radius 2 is 1.93 bits per heavy atom. The SMILES string of the molecule is C=CCOc1ccc([C@H]2CC(=O)Nc3c(-c4ccc(Cl)cc4)csc32)cc1. The lowest BCUT2D eigenvalue weighted by Crippen LogP contribution is -2.22. The Morgan fingerprint density at radius 1 is 1.19 bits per heavy atom. The molecule has 5 heteroatoms. The summed E-state index contributed by atoms with van der Waals surface area (Å²) in [6.07, 6.45) is 2.16. The second-order valence-corrected chi connectivity index (χ2v) is 7.72. The molecule has 1 atom stereocenters. The van der Waals surface area contributed by atoms with E-state index in [-0.39, 0.29) is 11.8 Å². The first-order valence-corrected chi connectivity index (χ1v) is 9.92. The average molecular weight is 396 g/mol. The molecule has 1 N–H and O–H groups in total. The van der Waals surface area contributed by atoms with E-state index >= 15 is 0 Å². The Morgan fingerprint density at radius 3 is 2.63 bits per heavy atom. The number of hydrogen-bond donors (Lipinski definition) is 1. The molecule has 27 heavy (non-hydrogen) atoms. The fraction of sp³-hybridized carbons (Fsp3) is 0.136. The number of fused-ring (bicyclic) bond motifs is 1. The van der Waals surface area contributed by atoms with Crippen LogP contribution in [-0.4, -0.2) is 12.5 Å². The zero-order valence-electron chi connectivity index (χ0n) is 14.6. The van der Waals surface area contributed by atoms with E-state index in [1.165, 1.54) is 4.88 Å². The number of hydrogen-bond acceptors (Lipinski definition) is 3. The molecule has 0 saturated heterocycles. The highest BCUT2D eigenvalue weighted by Crippen LogP contribution is 2.46. The van der Waals surface area contributed by atoms with E-state index in [4.69, 9.17) is 16.3 Å². The third-order valence-corrected chi connectivity index (χ3v) is 5.94. The number of thiophene rings is 1. The summed E-state index contributed by atoms with van der Waals surface area (Å²) in [7, 11) is 0. The number of nitrogens with one attached hydrogen (secondary N) is 1. The van der Waals surface area contributed by atoms with E-state index in [2.05, 4.69) is 17.3 Å². The first-order valence-electron chi connectivity index (χ1n) is 8.66. The minimum absolute atomic E-state index is 0.0353. The van der Waals surface area contributed by atoms with Crippen LogP contribution in [-0.2, 0) is 4.79 Å². The maximum atomic E-state index is 12.4. The summed E-state index contributed by atoms with van der Waals surface area (Å²) in [6.45, 7) is 4.13. The van der Waals surface area contributed by atoms with Gasteiger partial charge in [-0.25, -0.2) is 0 Å². The maximum absolute atomic E-state index is 12.4. The van der Waals surface area contributed by atoms with Crippen LogP contribution in [0.2, 0.25) is 5.02 Å². The number of ether oxygens (including phenoxy) is 1. The molecule has 0 aliphatic carbocycles. The molecular weight excluding hydrogens is 378 g/mol. The van der Waals surface area contributed by atoms with E-state index in [0.29, 0.717) is 18.1 Å². The first kappa shape index (κ1) is 17.8. The molecule has 0 saturated carbocycles. The summed E-state index contributed by atoms with van der Waals surface area (Å²) in [5.74, 6) is 0.883. The highest BCUT2D eigenvalue weighted by molar-refractivity contribution is 7.11. The van der Waals surface area contributed by atoms with Crippen LogP contribution in [0.1, 0.15) is 22.8 Å². The van der Waals surface area contributed by atoms with Gasteiger partial charge in [0, 0.05) is 33.2 Å². The number of carbonyl (C=O) groups excluding carboxylic acids is 1. The molecule has 3 aromatic rings. The highest BCUT2D eigenvalue weighted by Gasteiger charge is 2.30. The van der Waals surface area contributed by atoms with Crippen LogP contribution in [0.5, 0.6) is 5.75 Å². The molecule has 1 aliphatic rings. The lowest BCUT2D eigenvalue weighted by Gasteiger charge is -2.24. The van der Waals surface area contributed by atoms with Crippen molar-refractivity contribution in [2.24, 2.45) is 0 Å². The first-order chi connectivity index (χ1) is 13.2. The largest absolute Gasteiger partial charge is 0.490 e. The standard InChI is InChI=1S/C22H18ClNO2S/c1-2-11-26-17-9-5-14(6-10-17)18-12-20(25)24-21-19(13-27-22(18)21)15-3-7-16(23)8-4-15/h2-10,13,18H,1,11-12H2,(H,24,25)/t18-/m1/s1. The van der Waals surface area contributed by atoms with E-state index in [9.17, 15) is 4.79 Å². The van der Waals surface area contributed by atoms with Gasteiger partial charge in [-0.3, -0.25) is 4.79 Å². The van der Waals surface area contributed by atoms with E-state index in [0.717, 1.165) is 28.1 Å².